The Bertz CT molecular complexity index is 896. The molecule has 0 aromatic heterocycles. The number of aryl methyl sites for hydroxylation is 2. The molecular weight excluding hydrogens is 428 g/mol. The maximum absolute atomic E-state index is 12.4. The molecule has 0 radical (unpaired) electrons. The third-order valence-corrected chi connectivity index (χ3v) is 6.43. The first-order valence-corrected chi connectivity index (χ1v) is 11.1. The quantitative estimate of drug-likeness (QED) is 0.635. The van der Waals surface area contributed by atoms with Crippen LogP contribution in [0.1, 0.15) is 42.5 Å². The van der Waals surface area contributed by atoms with Gasteiger partial charge in [-0.25, -0.2) is 13.1 Å². The molecule has 0 heterocycles. The first-order valence-electron chi connectivity index (χ1n) is 8.84. The lowest BCUT2D eigenvalue weighted by Crippen LogP contribution is -2.33. The van der Waals surface area contributed by atoms with Gasteiger partial charge < -0.3 is 5.32 Å². The molecule has 1 unspecified atom stereocenters. The fraction of sp³-hybridized carbons (Fsp3) is 0.350. The summed E-state index contributed by atoms with van der Waals surface area (Å²) in [7, 11) is -3.63. The van der Waals surface area contributed by atoms with Gasteiger partial charge in [0.1, 0.15) is 0 Å². The number of benzene rings is 2. The number of hydrogen-bond donors (Lipinski definition) is 2. The van der Waals surface area contributed by atoms with Gasteiger partial charge in [0.15, 0.2) is 0 Å². The molecule has 0 spiro atoms. The van der Waals surface area contributed by atoms with Crippen molar-refractivity contribution in [3.63, 3.8) is 0 Å². The van der Waals surface area contributed by atoms with Crippen LogP contribution >= 0.6 is 15.9 Å². The van der Waals surface area contributed by atoms with Crippen LogP contribution in [0.5, 0.6) is 0 Å². The molecular formula is C20H25BrN2O3S. The van der Waals surface area contributed by atoms with Crippen molar-refractivity contribution in [2.24, 2.45) is 0 Å². The summed E-state index contributed by atoms with van der Waals surface area (Å²) in [6, 6.07) is 12.9. The summed E-state index contributed by atoms with van der Waals surface area (Å²) in [5.41, 5.74) is 2.71. The van der Waals surface area contributed by atoms with Crippen LogP contribution in [0.4, 0.5) is 0 Å². The second kappa shape index (κ2) is 9.48. The molecule has 0 saturated carbocycles. The van der Waals surface area contributed by atoms with E-state index in [-0.39, 0.29) is 29.8 Å². The number of amides is 1. The number of carbonyl (C=O) groups excluding carboxylic acids is 1. The minimum Gasteiger partial charge on any atom is -0.349 e. The fourth-order valence-corrected chi connectivity index (χ4v) is 4.38. The van der Waals surface area contributed by atoms with E-state index in [2.05, 4.69) is 26.0 Å². The topological polar surface area (TPSA) is 75.3 Å². The maximum atomic E-state index is 12.4. The van der Waals surface area contributed by atoms with E-state index in [9.17, 15) is 13.2 Å². The molecule has 5 nitrogen and oxygen atoms in total. The smallest absolute Gasteiger partial charge is 0.240 e. The summed E-state index contributed by atoms with van der Waals surface area (Å²) in [6.45, 7) is 5.73. The maximum Gasteiger partial charge on any atom is 0.240 e. The molecule has 27 heavy (non-hydrogen) atoms. The zero-order valence-electron chi connectivity index (χ0n) is 15.8. The second-order valence-electron chi connectivity index (χ2n) is 6.50. The minimum absolute atomic E-state index is 0.0538. The van der Waals surface area contributed by atoms with E-state index in [1.165, 1.54) is 0 Å². The SMILES string of the molecule is CCC(NC(=O)CCNS(=O)(=O)c1ccc(C)cc1C)c1ccc(Br)cc1. The zero-order chi connectivity index (χ0) is 20.0. The third kappa shape index (κ3) is 6.16. The van der Waals surface area contributed by atoms with Crippen molar-refractivity contribution in [2.45, 2.75) is 44.6 Å². The Morgan fingerprint density at radius 3 is 2.37 bits per heavy atom. The largest absolute Gasteiger partial charge is 0.349 e. The minimum atomic E-state index is -3.63. The number of hydrogen-bond acceptors (Lipinski definition) is 3. The Morgan fingerprint density at radius 2 is 1.78 bits per heavy atom. The molecule has 7 heteroatoms. The van der Waals surface area contributed by atoms with Crippen molar-refractivity contribution in [2.75, 3.05) is 6.54 Å². The molecule has 0 aliphatic heterocycles. The van der Waals surface area contributed by atoms with Crippen LogP contribution in [-0.2, 0) is 14.8 Å². The van der Waals surface area contributed by atoms with Crippen LogP contribution in [0, 0.1) is 13.8 Å². The van der Waals surface area contributed by atoms with Crippen LogP contribution in [0.15, 0.2) is 51.8 Å². The van der Waals surface area contributed by atoms with Gasteiger partial charge in [-0.1, -0.05) is 52.7 Å². The van der Waals surface area contributed by atoms with Gasteiger partial charge in [0.25, 0.3) is 0 Å². The average Bonchev–Trinajstić information content (AvgIpc) is 2.60. The number of nitrogens with one attached hydrogen (secondary N) is 2. The summed E-state index contributed by atoms with van der Waals surface area (Å²) in [5, 5.41) is 2.96. The van der Waals surface area contributed by atoms with Crippen LogP contribution < -0.4 is 10.0 Å². The van der Waals surface area contributed by atoms with Crippen molar-refractivity contribution in [3.8, 4) is 0 Å². The number of halogens is 1. The Morgan fingerprint density at radius 1 is 1.11 bits per heavy atom. The highest BCUT2D eigenvalue weighted by atomic mass is 79.9. The van der Waals surface area contributed by atoms with Gasteiger partial charge in [0.05, 0.1) is 10.9 Å². The first kappa shape index (κ1) is 21.6. The zero-order valence-corrected chi connectivity index (χ0v) is 18.2. The molecule has 0 saturated heterocycles. The highest BCUT2D eigenvalue weighted by Gasteiger charge is 2.18. The van der Waals surface area contributed by atoms with Crippen molar-refractivity contribution < 1.29 is 13.2 Å². The van der Waals surface area contributed by atoms with E-state index in [1.54, 1.807) is 19.1 Å². The summed E-state index contributed by atoms with van der Waals surface area (Å²) >= 11 is 3.40. The van der Waals surface area contributed by atoms with E-state index in [0.29, 0.717) is 5.56 Å². The molecule has 0 bridgehead atoms. The van der Waals surface area contributed by atoms with Gasteiger partial charge in [0, 0.05) is 17.4 Å². The van der Waals surface area contributed by atoms with Crippen molar-refractivity contribution >= 4 is 31.9 Å². The lowest BCUT2D eigenvalue weighted by Gasteiger charge is -2.18. The van der Waals surface area contributed by atoms with Crippen LogP contribution in [-0.4, -0.2) is 20.9 Å². The first-order chi connectivity index (χ1) is 12.7. The molecule has 2 aromatic carbocycles. The summed E-state index contributed by atoms with van der Waals surface area (Å²) in [6.07, 6.45) is 0.832. The summed E-state index contributed by atoms with van der Waals surface area (Å²) in [4.78, 5) is 12.5. The average molecular weight is 453 g/mol. The molecule has 2 N–H and O–H groups in total. The highest BCUT2D eigenvalue weighted by molar-refractivity contribution is 9.10. The fourth-order valence-electron chi connectivity index (χ4n) is 2.86. The lowest BCUT2D eigenvalue weighted by atomic mass is 10.0. The van der Waals surface area contributed by atoms with E-state index < -0.39 is 10.0 Å². The van der Waals surface area contributed by atoms with Gasteiger partial charge in [-0.3, -0.25) is 4.79 Å². The van der Waals surface area contributed by atoms with Crippen molar-refractivity contribution in [3.05, 3.63) is 63.6 Å². The Labute approximate surface area is 169 Å². The molecule has 1 amide bonds. The summed E-state index contributed by atoms with van der Waals surface area (Å²) < 4.78 is 28.4. The molecule has 0 fully saturated rings. The van der Waals surface area contributed by atoms with Crippen LogP contribution in [0.2, 0.25) is 0 Å². The van der Waals surface area contributed by atoms with E-state index in [4.69, 9.17) is 0 Å². The second-order valence-corrected chi connectivity index (χ2v) is 9.15. The van der Waals surface area contributed by atoms with Gasteiger partial charge in [-0.05, 0) is 49.6 Å². The highest BCUT2D eigenvalue weighted by Crippen LogP contribution is 2.20. The number of sulfonamides is 1. The van der Waals surface area contributed by atoms with Crippen LogP contribution in [0.25, 0.3) is 0 Å². The number of carbonyl (C=O) groups is 1. The van der Waals surface area contributed by atoms with E-state index >= 15 is 0 Å². The predicted octanol–water partition coefficient (Wildman–Crippen LogP) is 4.00. The Kier molecular flexibility index (Phi) is 7.59. The number of rotatable bonds is 8. The monoisotopic (exact) mass is 452 g/mol. The lowest BCUT2D eigenvalue weighted by molar-refractivity contribution is -0.121. The van der Waals surface area contributed by atoms with E-state index in [0.717, 1.165) is 22.0 Å². The molecule has 1 atom stereocenters. The Hall–Kier alpha value is -1.70. The molecule has 2 aromatic rings. The van der Waals surface area contributed by atoms with Crippen molar-refractivity contribution in [1.29, 1.82) is 0 Å². The van der Waals surface area contributed by atoms with Gasteiger partial charge in [0.2, 0.25) is 15.9 Å². The van der Waals surface area contributed by atoms with Crippen LogP contribution in [0.3, 0.4) is 0 Å². The third-order valence-electron chi connectivity index (χ3n) is 4.28. The molecule has 0 aliphatic carbocycles. The molecule has 2 rings (SSSR count). The predicted molar refractivity (Wildman–Crippen MR) is 111 cm³/mol. The standard InChI is InChI=1S/C20H25BrN2O3S/c1-4-18(16-6-8-17(21)9-7-16)23-20(24)11-12-22-27(25,26)19-10-5-14(2)13-15(19)3/h5-10,13,18,22H,4,11-12H2,1-3H3,(H,23,24). The summed E-state index contributed by atoms with van der Waals surface area (Å²) in [5.74, 6) is -0.187. The van der Waals surface area contributed by atoms with Gasteiger partial charge in [-0.2, -0.15) is 0 Å². The van der Waals surface area contributed by atoms with Gasteiger partial charge in [-0.15, -0.1) is 0 Å². The normalized spacial score (nSPS) is 12.6. The van der Waals surface area contributed by atoms with Crippen molar-refractivity contribution in [1.82, 2.24) is 10.0 Å². The Balaban J connectivity index is 1.92. The van der Waals surface area contributed by atoms with E-state index in [1.807, 2.05) is 44.2 Å². The van der Waals surface area contributed by atoms with Gasteiger partial charge >= 0.3 is 0 Å². The molecule has 146 valence electrons. The molecule has 0 aliphatic rings.